The van der Waals surface area contributed by atoms with Crippen molar-refractivity contribution in [1.29, 1.82) is 0 Å². The summed E-state index contributed by atoms with van der Waals surface area (Å²) < 4.78 is 7.12. The largest absolute Gasteiger partial charge is 0.495 e. The number of ether oxygens (including phenoxy) is 1. The summed E-state index contributed by atoms with van der Waals surface area (Å²) in [5.41, 5.74) is 3.88. The fourth-order valence-electron chi connectivity index (χ4n) is 2.61. The lowest BCUT2D eigenvalue weighted by Crippen LogP contribution is -2.16. The lowest BCUT2D eigenvalue weighted by molar-refractivity contribution is 0.102. The standard InChI is InChI=1S/C18H19N3O2/c1-4-13-17(21-10-9-12(2)11-16(21)19-13)18(22)20-14-7-5-6-8-15(14)23-3/h5-11H,4H2,1-3H3,(H,20,22). The van der Waals surface area contributed by atoms with Crippen LogP contribution in [0, 0.1) is 6.92 Å². The minimum absolute atomic E-state index is 0.192. The number of hydrogen-bond donors (Lipinski definition) is 1. The van der Waals surface area contributed by atoms with Crippen molar-refractivity contribution in [2.24, 2.45) is 0 Å². The van der Waals surface area contributed by atoms with Crippen LogP contribution in [0.4, 0.5) is 5.69 Å². The van der Waals surface area contributed by atoms with Crippen molar-refractivity contribution in [1.82, 2.24) is 9.38 Å². The van der Waals surface area contributed by atoms with Crippen LogP contribution < -0.4 is 10.1 Å². The Bertz CT molecular complexity index is 868. The van der Waals surface area contributed by atoms with Gasteiger partial charge in [-0.3, -0.25) is 9.20 Å². The summed E-state index contributed by atoms with van der Waals surface area (Å²) in [7, 11) is 1.58. The van der Waals surface area contributed by atoms with Crippen LogP contribution in [-0.4, -0.2) is 22.4 Å². The van der Waals surface area contributed by atoms with E-state index in [0.717, 1.165) is 16.9 Å². The van der Waals surface area contributed by atoms with Crippen molar-refractivity contribution in [2.75, 3.05) is 12.4 Å². The van der Waals surface area contributed by atoms with Crippen molar-refractivity contribution in [2.45, 2.75) is 20.3 Å². The summed E-state index contributed by atoms with van der Waals surface area (Å²) >= 11 is 0. The monoisotopic (exact) mass is 309 g/mol. The van der Waals surface area contributed by atoms with Crippen LogP contribution in [-0.2, 0) is 6.42 Å². The molecule has 0 saturated heterocycles. The average molecular weight is 309 g/mol. The molecule has 0 aliphatic rings. The molecule has 0 atom stereocenters. The highest BCUT2D eigenvalue weighted by atomic mass is 16.5. The second-order valence-electron chi connectivity index (χ2n) is 5.35. The van der Waals surface area contributed by atoms with Gasteiger partial charge < -0.3 is 10.1 Å². The molecule has 1 aromatic carbocycles. The molecule has 0 spiro atoms. The number of rotatable bonds is 4. The van der Waals surface area contributed by atoms with Crippen molar-refractivity contribution in [3.05, 3.63) is 59.5 Å². The zero-order chi connectivity index (χ0) is 16.4. The third-order valence-corrected chi connectivity index (χ3v) is 3.76. The Kier molecular flexibility index (Phi) is 4.02. The van der Waals surface area contributed by atoms with Crippen molar-refractivity contribution in [3.8, 4) is 5.75 Å². The molecule has 0 fully saturated rings. The number of methoxy groups -OCH3 is 1. The first-order valence-corrected chi connectivity index (χ1v) is 7.56. The second-order valence-corrected chi connectivity index (χ2v) is 5.35. The summed E-state index contributed by atoms with van der Waals surface area (Å²) in [6.45, 7) is 4.00. The molecule has 2 heterocycles. The summed E-state index contributed by atoms with van der Waals surface area (Å²) in [6.07, 6.45) is 2.57. The number of nitrogens with one attached hydrogen (secondary N) is 1. The van der Waals surface area contributed by atoms with Gasteiger partial charge in [-0.05, 0) is 43.2 Å². The van der Waals surface area contributed by atoms with Crippen LogP contribution in [0.25, 0.3) is 5.65 Å². The smallest absolute Gasteiger partial charge is 0.274 e. The van der Waals surface area contributed by atoms with Gasteiger partial charge in [-0.1, -0.05) is 19.1 Å². The van der Waals surface area contributed by atoms with Crippen molar-refractivity contribution in [3.63, 3.8) is 0 Å². The number of pyridine rings is 1. The van der Waals surface area contributed by atoms with Crippen LogP contribution in [0.3, 0.4) is 0 Å². The molecule has 23 heavy (non-hydrogen) atoms. The van der Waals surface area contributed by atoms with Gasteiger partial charge in [0.15, 0.2) is 0 Å². The molecule has 3 rings (SSSR count). The number of fused-ring (bicyclic) bond motifs is 1. The zero-order valence-corrected chi connectivity index (χ0v) is 13.5. The van der Waals surface area contributed by atoms with E-state index < -0.39 is 0 Å². The van der Waals surface area contributed by atoms with E-state index in [1.165, 1.54) is 0 Å². The molecule has 1 amide bonds. The van der Waals surface area contributed by atoms with E-state index in [-0.39, 0.29) is 5.91 Å². The Morgan fingerprint density at radius 2 is 2.09 bits per heavy atom. The topological polar surface area (TPSA) is 55.6 Å². The number of aryl methyl sites for hydroxylation is 2. The number of nitrogens with zero attached hydrogens (tertiary/aromatic N) is 2. The lowest BCUT2D eigenvalue weighted by Gasteiger charge is -2.10. The lowest BCUT2D eigenvalue weighted by atomic mass is 10.2. The van der Waals surface area contributed by atoms with Crippen LogP contribution in [0.15, 0.2) is 42.6 Å². The first-order valence-electron chi connectivity index (χ1n) is 7.56. The molecule has 3 aromatic rings. The van der Waals surface area contributed by atoms with E-state index in [4.69, 9.17) is 4.74 Å². The molecule has 2 aromatic heterocycles. The van der Waals surface area contributed by atoms with Gasteiger partial charge >= 0.3 is 0 Å². The predicted octanol–water partition coefficient (Wildman–Crippen LogP) is 3.47. The number of benzene rings is 1. The number of anilines is 1. The summed E-state index contributed by atoms with van der Waals surface area (Å²) in [5, 5.41) is 2.92. The van der Waals surface area contributed by atoms with E-state index in [1.54, 1.807) is 7.11 Å². The number of carbonyl (C=O) groups excluding carboxylic acids is 1. The molecule has 5 nitrogen and oxygen atoms in total. The van der Waals surface area contributed by atoms with E-state index in [9.17, 15) is 4.79 Å². The first-order chi connectivity index (χ1) is 11.1. The van der Waals surface area contributed by atoms with Gasteiger partial charge in [-0.25, -0.2) is 4.98 Å². The molecule has 0 unspecified atom stereocenters. The number of carbonyl (C=O) groups is 1. The average Bonchev–Trinajstić information content (AvgIpc) is 2.92. The maximum atomic E-state index is 12.8. The molecule has 0 bridgehead atoms. The molecule has 0 radical (unpaired) electrons. The SMILES string of the molecule is CCc1nc2cc(C)ccn2c1C(=O)Nc1ccccc1OC. The number of imidazole rings is 1. The van der Waals surface area contributed by atoms with Crippen LogP contribution in [0.1, 0.15) is 28.7 Å². The molecule has 0 saturated carbocycles. The quantitative estimate of drug-likeness (QED) is 0.803. The number of aromatic nitrogens is 2. The van der Waals surface area contributed by atoms with Gasteiger partial charge in [0.25, 0.3) is 5.91 Å². The number of amides is 1. The molecule has 5 heteroatoms. The maximum Gasteiger partial charge on any atom is 0.274 e. The molecular weight excluding hydrogens is 290 g/mol. The third kappa shape index (κ3) is 2.77. The Hall–Kier alpha value is -2.82. The summed E-state index contributed by atoms with van der Waals surface area (Å²) in [6, 6.07) is 11.3. The Labute approximate surface area is 134 Å². The highest BCUT2D eigenvalue weighted by Gasteiger charge is 2.19. The number of hydrogen-bond acceptors (Lipinski definition) is 3. The molecule has 0 aliphatic carbocycles. The van der Waals surface area contributed by atoms with E-state index in [0.29, 0.717) is 23.6 Å². The van der Waals surface area contributed by atoms with Gasteiger partial charge in [0, 0.05) is 6.20 Å². The van der Waals surface area contributed by atoms with Crippen LogP contribution in [0.2, 0.25) is 0 Å². The van der Waals surface area contributed by atoms with Crippen molar-refractivity contribution < 1.29 is 9.53 Å². The molecule has 118 valence electrons. The molecule has 1 N–H and O–H groups in total. The van der Waals surface area contributed by atoms with E-state index in [2.05, 4.69) is 10.3 Å². The molecular formula is C18H19N3O2. The second kappa shape index (κ2) is 6.12. The van der Waals surface area contributed by atoms with Gasteiger partial charge in [-0.2, -0.15) is 0 Å². The predicted molar refractivity (Wildman–Crippen MR) is 90.3 cm³/mol. The van der Waals surface area contributed by atoms with Gasteiger partial charge in [0.05, 0.1) is 18.5 Å². The summed E-state index contributed by atoms with van der Waals surface area (Å²) in [5.74, 6) is 0.436. The first kappa shape index (κ1) is 15.1. The van der Waals surface area contributed by atoms with Crippen LogP contribution in [0.5, 0.6) is 5.75 Å². The fourth-order valence-corrected chi connectivity index (χ4v) is 2.61. The Balaban J connectivity index is 2.03. The minimum Gasteiger partial charge on any atom is -0.495 e. The molecule has 0 aliphatic heterocycles. The highest BCUT2D eigenvalue weighted by Crippen LogP contribution is 2.24. The van der Waals surface area contributed by atoms with E-state index >= 15 is 0 Å². The maximum absolute atomic E-state index is 12.8. The minimum atomic E-state index is -0.192. The Morgan fingerprint density at radius 3 is 2.83 bits per heavy atom. The van der Waals surface area contributed by atoms with Gasteiger partial charge in [0.1, 0.15) is 17.1 Å². The fraction of sp³-hybridized carbons (Fsp3) is 0.222. The van der Waals surface area contributed by atoms with E-state index in [1.807, 2.05) is 60.8 Å². The van der Waals surface area contributed by atoms with Gasteiger partial charge in [0.2, 0.25) is 0 Å². The number of para-hydroxylation sites is 2. The van der Waals surface area contributed by atoms with Crippen LogP contribution >= 0.6 is 0 Å². The normalized spacial score (nSPS) is 10.7. The summed E-state index contributed by atoms with van der Waals surface area (Å²) in [4.78, 5) is 17.4. The van der Waals surface area contributed by atoms with Gasteiger partial charge in [-0.15, -0.1) is 0 Å². The zero-order valence-electron chi connectivity index (χ0n) is 13.5. The third-order valence-electron chi connectivity index (χ3n) is 3.76. The highest BCUT2D eigenvalue weighted by molar-refractivity contribution is 6.05. The Morgan fingerprint density at radius 1 is 1.30 bits per heavy atom. The van der Waals surface area contributed by atoms with Crippen molar-refractivity contribution >= 4 is 17.2 Å².